The van der Waals surface area contributed by atoms with Gasteiger partial charge in [0.1, 0.15) is 0 Å². The minimum absolute atomic E-state index is 0.0141. The van der Waals surface area contributed by atoms with Crippen molar-refractivity contribution < 1.29 is 4.79 Å². The van der Waals surface area contributed by atoms with Crippen LogP contribution in [0.5, 0.6) is 0 Å². The number of amides is 1. The van der Waals surface area contributed by atoms with Gasteiger partial charge in [-0.3, -0.25) is 4.79 Å². The molecule has 4 heteroatoms. The van der Waals surface area contributed by atoms with Crippen molar-refractivity contribution in [2.45, 2.75) is 45.1 Å². The van der Waals surface area contributed by atoms with Crippen LogP contribution in [-0.4, -0.2) is 11.9 Å². The third-order valence-corrected chi connectivity index (χ3v) is 5.93. The molecule has 114 valence electrons. The molecule has 1 aromatic carbocycles. The van der Waals surface area contributed by atoms with Crippen molar-refractivity contribution in [3.8, 4) is 0 Å². The zero-order chi connectivity index (χ0) is 15.0. The number of hydrogen-bond acceptors (Lipinski definition) is 1. The summed E-state index contributed by atoms with van der Waals surface area (Å²) in [5.41, 5.74) is 0.721. The molecule has 21 heavy (non-hydrogen) atoms. The predicted molar refractivity (Wildman–Crippen MR) is 86.7 cm³/mol. The van der Waals surface area contributed by atoms with E-state index in [9.17, 15) is 4.79 Å². The maximum Gasteiger partial charge on any atom is 0.224 e. The molecular formula is C17H21Cl2NO. The quantitative estimate of drug-likeness (QED) is 0.868. The average Bonchev–Trinajstić information content (AvgIpc) is 3.05. The molecule has 0 aliphatic heterocycles. The molecule has 2 aliphatic rings. The maximum atomic E-state index is 12.3. The summed E-state index contributed by atoms with van der Waals surface area (Å²) >= 11 is 12.2. The van der Waals surface area contributed by atoms with E-state index in [0.717, 1.165) is 17.4 Å². The average molecular weight is 326 g/mol. The topological polar surface area (TPSA) is 29.1 Å². The largest absolute Gasteiger partial charge is 0.353 e. The Hall–Kier alpha value is -0.730. The van der Waals surface area contributed by atoms with Crippen molar-refractivity contribution in [2.24, 2.45) is 17.8 Å². The van der Waals surface area contributed by atoms with Gasteiger partial charge in [0, 0.05) is 16.1 Å². The lowest BCUT2D eigenvalue weighted by Gasteiger charge is -2.28. The molecule has 2 bridgehead atoms. The second kappa shape index (κ2) is 6.18. The van der Waals surface area contributed by atoms with Crippen LogP contribution in [0, 0.1) is 17.8 Å². The Balaban J connectivity index is 1.59. The van der Waals surface area contributed by atoms with Crippen molar-refractivity contribution in [3.63, 3.8) is 0 Å². The lowest BCUT2D eigenvalue weighted by Crippen LogP contribution is -2.40. The highest BCUT2D eigenvalue weighted by Crippen LogP contribution is 2.49. The third-order valence-electron chi connectivity index (χ3n) is 5.22. The van der Waals surface area contributed by atoms with Crippen molar-refractivity contribution >= 4 is 29.1 Å². The predicted octanol–water partition coefficient (Wildman–Crippen LogP) is 4.48. The number of carbonyl (C=O) groups is 1. The normalized spacial score (nSPS) is 28.6. The first-order chi connectivity index (χ1) is 10.0. The van der Waals surface area contributed by atoms with Crippen LogP contribution >= 0.6 is 23.2 Å². The number of fused-ring (bicyclic) bond motifs is 2. The zero-order valence-electron chi connectivity index (χ0n) is 12.2. The number of halogens is 2. The molecule has 2 aliphatic carbocycles. The first-order valence-corrected chi connectivity index (χ1v) is 8.52. The van der Waals surface area contributed by atoms with Gasteiger partial charge in [0.15, 0.2) is 0 Å². The molecule has 0 radical (unpaired) electrons. The zero-order valence-corrected chi connectivity index (χ0v) is 13.8. The smallest absolute Gasteiger partial charge is 0.224 e. The molecule has 2 fully saturated rings. The molecular weight excluding hydrogens is 305 g/mol. The monoisotopic (exact) mass is 325 g/mol. The van der Waals surface area contributed by atoms with Crippen molar-refractivity contribution in [1.82, 2.24) is 5.32 Å². The molecule has 0 aromatic heterocycles. The Kier molecular flexibility index (Phi) is 4.46. The van der Waals surface area contributed by atoms with Crippen molar-refractivity contribution in [2.75, 3.05) is 0 Å². The number of benzene rings is 1. The molecule has 4 atom stereocenters. The fourth-order valence-corrected chi connectivity index (χ4v) is 4.71. The van der Waals surface area contributed by atoms with E-state index >= 15 is 0 Å². The molecule has 1 amide bonds. The minimum atomic E-state index is 0.0141. The fraction of sp³-hybridized carbons (Fsp3) is 0.588. The summed E-state index contributed by atoms with van der Waals surface area (Å²) in [5, 5.41) is 4.27. The van der Waals surface area contributed by atoms with Crippen LogP contribution in [-0.2, 0) is 11.2 Å². The van der Waals surface area contributed by atoms with Crippen LogP contribution in [0.1, 0.15) is 38.2 Å². The Labute approximate surface area is 136 Å². The van der Waals surface area contributed by atoms with Gasteiger partial charge in [0.05, 0.1) is 6.42 Å². The standard InChI is InChI=1S/C17H21Cl2NO/c1-10(13-8-11-5-6-12(13)7-11)20-17(21)9-14-15(18)3-2-4-16(14)19/h2-4,10-13H,5-9H2,1H3,(H,20,21). The van der Waals surface area contributed by atoms with E-state index < -0.39 is 0 Å². The lowest BCUT2D eigenvalue weighted by molar-refractivity contribution is -0.121. The van der Waals surface area contributed by atoms with E-state index in [-0.39, 0.29) is 18.4 Å². The van der Waals surface area contributed by atoms with E-state index in [0.29, 0.717) is 16.0 Å². The fourth-order valence-electron chi connectivity index (χ4n) is 4.18. The summed E-state index contributed by atoms with van der Waals surface area (Å²) < 4.78 is 0. The number of carbonyl (C=O) groups excluding carboxylic acids is 1. The molecule has 2 nitrogen and oxygen atoms in total. The molecule has 0 saturated heterocycles. The summed E-state index contributed by atoms with van der Waals surface area (Å²) in [7, 11) is 0. The van der Waals surface area contributed by atoms with Gasteiger partial charge in [-0.1, -0.05) is 35.7 Å². The summed E-state index contributed by atoms with van der Waals surface area (Å²) in [6.07, 6.45) is 5.62. The number of rotatable bonds is 4. The van der Waals surface area contributed by atoms with Gasteiger partial charge in [-0.2, -0.15) is 0 Å². The molecule has 0 heterocycles. The van der Waals surface area contributed by atoms with Gasteiger partial charge >= 0.3 is 0 Å². The van der Waals surface area contributed by atoms with Gasteiger partial charge in [-0.05, 0) is 61.6 Å². The molecule has 1 N–H and O–H groups in total. The van der Waals surface area contributed by atoms with E-state index in [1.165, 1.54) is 25.7 Å². The van der Waals surface area contributed by atoms with Crippen LogP contribution < -0.4 is 5.32 Å². The van der Waals surface area contributed by atoms with Gasteiger partial charge in [0.25, 0.3) is 0 Å². The second-order valence-electron chi connectivity index (χ2n) is 6.57. The Morgan fingerprint density at radius 3 is 2.57 bits per heavy atom. The number of nitrogens with one attached hydrogen (secondary N) is 1. The van der Waals surface area contributed by atoms with Crippen LogP contribution in [0.4, 0.5) is 0 Å². The number of hydrogen-bond donors (Lipinski definition) is 1. The van der Waals surface area contributed by atoms with Gasteiger partial charge < -0.3 is 5.32 Å². The third kappa shape index (κ3) is 3.22. The van der Waals surface area contributed by atoms with E-state index in [4.69, 9.17) is 23.2 Å². The highest BCUT2D eigenvalue weighted by Gasteiger charge is 2.42. The summed E-state index contributed by atoms with van der Waals surface area (Å²) in [5.74, 6) is 2.38. The SMILES string of the molecule is CC(NC(=O)Cc1c(Cl)cccc1Cl)C1CC2CCC1C2. The maximum absolute atomic E-state index is 12.3. The molecule has 0 spiro atoms. The van der Waals surface area contributed by atoms with Crippen LogP contribution in [0.25, 0.3) is 0 Å². The van der Waals surface area contributed by atoms with Gasteiger partial charge in [0.2, 0.25) is 5.91 Å². The Morgan fingerprint density at radius 1 is 1.29 bits per heavy atom. The molecule has 1 aromatic rings. The second-order valence-corrected chi connectivity index (χ2v) is 7.39. The van der Waals surface area contributed by atoms with E-state index in [1.807, 2.05) is 0 Å². The first kappa shape index (κ1) is 15.2. The lowest BCUT2D eigenvalue weighted by atomic mass is 9.84. The Morgan fingerprint density at radius 2 is 2.00 bits per heavy atom. The Bertz CT molecular complexity index is 525. The van der Waals surface area contributed by atoms with Crippen LogP contribution in [0.3, 0.4) is 0 Å². The van der Waals surface area contributed by atoms with Gasteiger partial charge in [-0.25, -0.2) is 0 Å². The summed E-state index contributed by atoms with van der Waals surface area (Å²) in [6, 6.07) is 5.59. The van der Waals surface area contributed by atoms with Crippen molar-refractivity contribution in [3.05, 3.63) is 33.8 Å². The molecule has 2 saturated carbocycles. The van der Waals surface area contributed by atoms with E-state index in [2.05, 4.69) is 12.2 Å². The summed E-state index contributed by atoms with van der Waals surface area (Å²) in [6.45, 7) is 2.14. The molecule has 4 unspecified atom stereocenters. The highest BCUT2D eigenvalue weighted by molar-refractivity contribution is 6.36. The van der Waals surface area contributed by atoms with Crippen LogP contribution in [0.2, 0.25) is 10.0 Å². The summed E-state index contributed by atoms with van der Waals surface area (Å²) in [4.78, 5) is 12.3. The van der Waals surface area contributed by atoms with Crippen molar-refractivity contribution in [1.29, 1.82) is 0 Å². The minimum Gasteiger partial charge on any atom is -0.353 e. The molecule has 3 rings (SSSR count). The highest BCUT2D eigenvalue weighted by atomic mass is 35.5. The van der Waals surface area contributed by atoms with E-state index in [1.54, 1.807) is 18.2 Å². The first-order valence-electron chi connectivity index (χ1n) is 7.77. The van der Waals surface area contributed by atoms with Crippen LogP contribution in [0.15, 0.2) is 18.2 Å². The van der Waals surface area contributed by atoms with Gasteiger partial charge in [-0.15, -0.1) is 0 Å².